The van der Waals surface area contributed by atoms with E-state index in [4.69, 9.17) is 0 Å². The molecule has 1 saturated carbocycles. The van der Waals surface area contributed by atoms with E-state index in [0.29, 0.717) is 24.3 Å². The molecule has 1 aromatic rings. The highest BCUT2D eigenvalue weighted by Gasteiger charge is 2.35. The van der Waals surface area contributed by atoms with Gasteiger partial charge in [-0.3, -0.25) is 9.59 Å². The Morgan fingerprint density at radius 2 is 1.95 bits per heavy atom. The summed E-state index contributed by atoms with van der Waals surface area (Å²) >= 11 is 0. The third kappa shape index (κ3) is 2.91. The van der Waals surface area contributed by atoms with Gasteiger partial charge in [0, 0.05) is 6.54 Å². The molecule has 2 amide bonds. The summed E-state index contributed by atoms with van der Waals surface area (Å²) in [6, 6.07) is 6.32. The van der Waals surface area contributed by atoms with Gasteiger partial charge in [0.1, 0.15) is 5.75 Å². The number of hydrogen-bond donors (Lipinski definition) is 3. The minimum atomic E-state index is -0.754. The number of allylic oxidation sites excluding steroid dienone is 2. The summed E-state index contributed by atoms with van der Waals surface area (Å²) in [7, 11) is 0. The third-order valence-corrected chi connectivity index (χ3v) is 4.30. The second-order valence-electron chi connectivity index (χ2n) is 5.72. The molecule has 0 radical (unpaired) electrons. The van der Waals surface area contributed by atoms with Crippen LogP contribution < -0.4 is 10.6 Å². The van der Waals surface area contributed by atoms with Crippen molar-refractivity contribution >= 4 is 17.5 Å². The summed E-state index contributed by atoms with van der Waals surface area (Å²) in [6.07, 6.45) is 6.72. The van der Waals surface area contributed by atoms with Gasteiger partial charge < -0.3 is 15.7 Å². The van der Waals surface area contributed by atoms with Gasteiger partial charge in [0.2, 0.25) is 0 Å². The first-order valence-electron chi connectivity index (χ1n) is 7.19. The summed E-state index contributed by atoms with van der Waals surface area (Å²) in [5.41, 5.74) is 0.237. The monoisotopic (exact) mass is 286 g/mol. The molecule has 2 aliphatic rings. The zero-order valence-electron chi connectivity index (χ0n) is 11.6. The zero-order chi connectivity index (χ0) is 14.8. The normalized spacial score (nSPS) is 25.8. The van der Waals surface area contributed by atoms with E-state index in [1.54, 1.807) is 18.2 Å². The van der Waals surface area contributed by atoms with E-state index in [0.717, 1.165) is 6.42 Å². The van der Waals surface area contributed by atoms with Gasteiger partial charge >= 0.3 is 11.8 Å². The third-order valence-electron chi connectivity index (χ3n) is 4.30. The van der Waals surface area contributed by atoms with Crippen molar-refractivity contribution in [1.82, 2.24) is 5.32 Å². The van der Waals surface area contributed by atoms with Gasteiger partial charge in [-0.2, -0.15) is 0 Å². The fourth-order valence-corrected chi connectivity index (χ4v) is 3.19. The van der Waals surface area contributed by atoms with Crippen LogP contribution >= 0.6 is 0 Å². The Bertz CT molecular complexity index is 597. The van der Waals surface area contributed by atoms with Crippen LogP contribution in [0.2, 0.25) is 0 Å². The van der Waals surface area contributed by atoms with Crippen LogP contribution in [0.25, 0.3) is 0 Å². The van der Waals surface area contributed by atoms with Gasteiger partial charge in [-0.15, -0.1) is 0 Å². The van der Waals surface area contributed by atoms with Crippen molar-refractivity contribution in [2.24, 2.45) is 17.8 Å². The van der Waals surface area contributed by atoms with Crippen molar-refractivity contribution in [3.63, 3.8) is 0 Å². The Kier molecular flexibility index (Phi) is 3.64. The molecular weight excluding hydrogens is 268 g/mol. The smallest absolute Gasteiger partial charge is 0.313 e. The fourth-order valence-electron chi connectivity index (χ4n) is 3.19. The second kappa shape index (κ2) is 5.60. The number of amides is 2. The first-order chi connectivity index (χ1) is 10.1. The predicted octanol–water partition coefficient (Wildman–Crippen LogP) is 1.66. The molecule has 0 saturated heterocycles. The Morgan fingerprint density at radius 1 is 1.14 bits per heavy atom. The lowest BCUT2D eigenvalue weighted by atomic mass is 9.94. The molecule has 5 nitrogen and oxygen atoms in total. The van der Waals surface area contributed by atoms with Gasteiger partial charge in [-0.05, 0) is 42.7 Å². The molecule has 2 aliphatic carbocycles. The fraction of sp³-hybridized carbons (Fsp3) is 0.375. The van der Waals surface area contributed by atoms with Crippen molar-refractivity contribution in [3.8, 4) is 5.75 Å². The van der Waals surface area contributed by atoms with Crippen LogP contribution in [-0.2, 0) is 9.59 Å². The van der Waals surface area contributed by atoms with Gasteiger partial charge in [0.15, 0.2) is 0 Å². The summed E-state index contributed by atoms with van der Waals surface area (Å²) in [4.78, 5) is 23.6. The van der Waals surface area contributed by atoms with Crippen LogP contribution in [0.15, 0.2) is 36.4 Å². The van der Waals surface area contributed by atoms with E-state index in [-0.39, 0.29) is 11.4 Å². The molecular formula is C16H18N2O3. The van der Waals surface area contributed by atoms with Crippen molar-refractivity contribution in [1.29, 1.82) is 0 Å². The molecule has 1 fully saturated rings. The molecule has 0 unspecified atom stereocenters. The molecule has 1 aromatic carbocycles. The zero-order valence-corrected chi connectivity index (χ0v) is 11.6. The summed E-state index contributed by atoms with van der Waals surface area (Å²) in [5.74, 6) is 0.141. The summed E-state index contributed by atoms with van der Waals surface area (Å²) < 4.78 is 0. The van der Waals surface area contributed by atoms with Crippen LogP contribution in [0.4, 0.5) is 5.69 Å². The number of fused-ring (bicyclic) bond motifs is 2. The minimum absolute atomic E-state index is 0.0584. The molecule has 0 aliphatic heterocycles. The van der Waals surface area contributed by atoms with Crippen molar-refractivity contribution < 1.29 is 14.7 Å². The van der Waals surface area contributed by atoms with Crippen molar-refractivity contribution in [2.75, 3.05) is 11.9 Å². The van der Waals surface area contributed by atoms with Gasteiger partial charge in [-0.25, -0.2) is 0 Å². The molecule has 3 atom stereocenters. The molecule has 3 N–H and O–H groups in total. The van der Waals surface area contributed by atoms with Crippen LogP contribution in [0.1, 0.15) is 12.8 Å². The molecule has 0 aromatic heterocycles. The van der Waals surface area contributed by atoms with E-state index >= 15 is 0 Å². The van der Waals surface area contributed by atoms with E-state index < -0.39 is 11.8 Å². The largest absolute Gasteiger partial charge is 0.506 e. The second-order valence-corrected chi connectivity index (χ2v) is 5.72. The first kappa shape index (κ1) is 13.7. The quantitative estimate of drug-likeness (QED) is 0.449. The lowest BCUT2D eigenvalue weighted by Crippen LogP contribution is -2.38. The van der Waals surface area contributed by atoms with Crippen LogP contribution in [-0.4, -0.2) is 23.5 Å². The number of carbonyl (C=O) groups is 2. The molecule has 0 heterocycles. The molecule has 3 rings (SSSR count). The molecule has 21 heavy (non-hydrogen) atoms. The van der Waals surface area contributed by atoms with Crippen molar-refractivity contribution in [3.05, 3.63) is 36.4 Å². The maximum absolute atomic E-state index is 11.8. The number of phenolic OH excluding ortho intramolecular Hbond substituents is 1. The van der Waals surface area contributed by atoms with E-state index in [1.807, 2.05) is 0 Å². The molecule has 0 spiro atoms. The number of carbonyl (C=O) groups excluding carboxylic acids is 2. The minimum Gasteiger partial charge on any atom is -0.506 e. The molecule has 5 heteroatoms. The van der Waals surface area contributed by atoms with E-state index in [2.05, 4.69) is 22.8 Å². The Balaban J connectivity index is 1.50. The Labute approximate surface area is 123 Å². The average Bonchev–Trinajstić information content (AvgIpc) is 3.09. The number of anilines is 1. The van der Waals surface area contributed by atoms with Gasteiger partial charge in [0.05, 0.1) is 5.69 Å². The predicted molar refractivity (Wildman–Crippen MR) is 78.6 cm³/mol. The summed E-state index contributed by atoms with van der Waals surface area (Å²) in [6.45, 7) is 0.526. The molecule has 2 bridgehead atoms. The SMILES string of the molecule is O=C(NC[C@@H]1C[C@H]2C=C[C@H]1C2)C(=O)Nc1ccccc1O. The number of benzene rings is 1. The van der Waals surface area contributed by atoms with Gasteiger partial charge in [0.25, 0.3) is 0 Å². The highest BCUT2D eigenvalue weighted by atomic mass is 16.3. The Morgan fingerprint density at radius 3 is 2.62 bits per heavy atom. The standard InChI is InChI=1S/C16H18N2O3/c19-14-4-2-1-3-13(14)18-16(21)15(20)17-9-12-8-10-5-6-11(12)7-10/h1-6,10-12,19H,7-9H2,(H,17,20)(H,18,21)/t10-,11-,12-/m0/s1. The summed E-state index contributed by atoms with van der Waals surface area (Å²) in [5, 5.41) is 14.6. The van der Waals surface area contributed by atoms with Crippen molar-refractivity contribution in [2.45, 2.75) is 12.8 Å². The van der Waals surface area contributed by atoms with Crippen LogP contribution in [0.5, 0.6) is 5.75 Å². The number of aromatic hydroxyl groups is 1. The lowest BCUT2D eigenvalue weighted by Gasteiger charge is -2.18. The number of hydrogen-bond acceptors (Lipinski definition) is 3. The number of rotatable bonds is 3. The first-order valence-corrected chi connectivity index (χ1v) is 7.19. The number of para-hydroxylation sites is 2. The highest BCUT2D eigenvalue weighted by Crippen LogP contribution is 2.42. The Hall–Kier alpha value is -2.30. The van der Waals surface area contributed by atoms with Gasteiger partial charge in [-0.1, -0.05) is 24.3 Å². The lowest BCUT2D eigenvalue weighted by molar-refractivity contribution is -0.136. The average molecular weight is 286 g/mol. The molecule has 110 valence electrons. The maximum atomic E-state index is 11.8. The number of nitrogens with one attached hydrogen (secondary N) is 2. The highest BCUT2D eigenvalue weighted by molar-refractivity contribution is 6.39. The van der Waals surface area contributed by atoms with E-state index in [9.17, 15) is 14.7 Å². The van der Waals surface area contributed by atoms with Crippen LogP contribution in [0, 0.1) is 17.8 Å². The maximum Gasteiger partial charge on any atom is 0.313 e. The van der Waals surface area contributed by atoms with E-state index in [1.165, 1.54) is 12.5 Å². The topological polar surface area (TPSA) is 78.4 Å². The van der Waals surface area contributed by atoms with Crippen LogP contribution in [0.3, 0.4) is 0 Å². The number of phenols is 1.